The third-order valence-corrected chi connectivity index (χ3v) is 2.99. The SMILES string of the molecule is CCCCNC(=O)COc1cccn(CCCC(=O)O)c1=O. The van der Waals surface area contributed by atoms with Crippen molar-refractivity contribution in [3.63, 3.8) is 0 Å². The molecule has 1 aromatic rings. The van der Waals surface area contributed by atoms with Gasteiger partial charge in [0, 0.05) is 25.7 Å². The Labute approximate surface area is 128 Å². The predicted octanol–water partition coefficient (Wildman–Crippen LogP) is 1.01. The van der Waals surface area contributed by atoms with Gasteiger partial charge in [0.1, 0.15) is 0 Å². The van der Waals surface area contributed by atoms with Gasteiger partial charge in [0.2, 0.25) is 0 Å². The number of carboxylic acids is 1. The van der Waals surface area contributed by atoms with Gasteiger partial charge in [-0.05, 0) is 25.0 Å². The van der Waals surface area contributed by atoms with Crippen LogP contribution in [0.1, 0.15) is 32.6 Å². The fourth-order valence-corrected chi connectivity index (χ4v) is 1.80. The lowest BCUT2D eigenvalue weighted by Crippen LogP contribution is -2.31. The molecule has 0 aliphatic carbocycles. The molecule has 122 valence electrons. The summed E-state index contributed by atoms with van der Waals surface area (Å²) in [4.78, 5) is 34.1. The minimum absolute atomic E-state index is 0.00262. The summed E-state index contributed by atoms with van der Waals surface area (Å²) in [5.74, 6) is -1.08. The summed E-state index contributed by atoms with van der Waals surface area (Å²) in [5.41, 5.74) is -0.366. The molecular weight excluding hydrogens is 288 g/mol. The van der Waals surface area contributed by atoms with Gasteiger partial charge in [0.15, 0.2) is 12.4 Å². The molecule has 2 N–H and O–H groups in total. The maximum atomic E-state index is 12.1. The number of carbonyl (C=O) groups is 2. The van der Waals surface area contributed by atoms with Crippen LogP contribution in [0.3, 0.4) is 0 Å². The summed E-state index contributed by atoms with van der Waals surface area (Å²) in [6.07, 6.45) is 3.81. The first-order chi connectivity index (χ1) is 10.5. The number of nitrogens with zero attached hydrogens (tertiary/aromatic N) is 1. The van der Waals surface area contributed by atoms with Crippen molar-refractivity contribution in [1.82, 2.24) is 9.88 Å². The Morgan fingerprint density at radius 2 is 2.14 bits per heavy atom. The van der Waals surface area contributed by atoms with Gasteiger partial charge in [-0.25, -0.2) is 0 Å². The largest absolute Gasteiger partial charge is 0.481 e. The van der Waals surface area contributed by atoms with Crippen LogP contribution in [0.2, 0.25) is 0 Å². The number of unbranched alkanes of at least 4 members (excludes halogenated alkanes) is 1. The second-order valence-corrected chi connectivity index (χ2v) is 4.86. The topological polar surface area (TPSA) is 97.6 Å². The Hall–Kier alpha value is -2.31. The number of carbonyl (C=O) groups excluding carboxylic acids is 1. The number of carboxylic acid groups (broad SMARTS) is 1. The van der Waals surface area contributed by atoms with E-state index in [1.165, 1.54) is 10.6 Å². The van der Waals surface area contributed by atoms with Crippen LogP contribution in [0.15, 0.2) is 23.1 Å². The Balaban J connectivity index is 2.52. The van der Waals surface area contributed by atoms with E-state index in [-0.39, 0.29) is 30.2 Å². The van der Waals surface area contributed by atoms with Crippen LogP contribution < -0.4 is 15.6 Å². The quantitative estimate of drug-likeness (QED) is 0.629. The van der Waals surface area contributed by atoms with E-state index in [1.54, 1.807) is 12.3 Å². The molecule has 0 aliphatic heterocycles. The second-order valence-electron chi connectivity index (χ2n) is 4.86. The summed E-state index contributed by atoms with van der Waals surface area (Å²) < 4.78 is 6.62. The third-order valence-electron chi connectivity index (χ3n) is 2.99. The highest BCUT2D eigenvalue weighted by Gasteiger charge is 2.07. The average Bonchev–Trinajstić information content (AvgIpc) is 2.47. The van der Waals surface area contributed by atoms with Gasteiger partial charge in [-0.15, -0.1) is 0 Å². The molecule has 1 heterocycles. The molecule has 1 rings (SSSR count). The number of aliphatic carboxylic acids is 1. The van der Waals surface area contributed by atoms with Gasteiger partial charge in [0.25, 0.3) is 11.5 Å². The van der Waals surface area contributed by atoms with Crippen LogP contribution in [-0.2, 0) is 16.1 Å². The van der Waals surface area contributed by atoms with Gasteiger partial charge in [-0.3, -0.25) is 14.4 Å². The fourth-order valence-electron chi connectivity index (χ4n) is 1.80. The summed E-state index contributed by atoms with van der Waals surface area (Å²) in [6.45, 7) is 2.70. The maximum Gasteiger partial charge on any atom is 0.303 e. The summed E-state index contributed by atoms with van der Waals surface area (Å²) >= 11 is 0. The van der Waals surface area contributed by atoms with Gasteiger partial charge in [-0.1, -0.05) is 13.3 Å². The maximum absolute atomic E-state index is 12.1. The zero-order chi connectivity index (χ0) is 16.4. The molecule has 7 nitrogen and oxygen atoms in total. The lowest BCUT2D eigenvalue weighted by Gasteiger charge is -2.09. The number of aromatic nitrogens is 1. The zero-order valence-electron chi connectivity index (χ0n) is 12.7. The number of ether oxygens (including phenoxy) is 1. The standard InChI is InChI=1S/C15H22N2O5/c1-2-3-8-16-13(18)11-22-12-6-4-9-17(15(12)21)10-5-7-14(19)20/h4,6,9H,2-3,5,7-8,10-11H2,1H3,(H,16,18)(H,19,20). The van der Waals surface area contributed by atoms with Gasteiger partial charge in [0.05, 0.1) is 0 Å². The molecule has 0 bridgehead atoms. The van der Waals surface area contributed by atoms with Crippen molar-refractivity contribution in [3.05, 3.63) is 28.7 Å². The molecule has 1 amide bonds. The van der Waals surface area contributed by atoms with Gasteiger partial charge < -0.3 is 19.7 Å². The lowest BCUT2D eigenvalue weighted by molar-refractivity contribution is -0.137. The molecule has 7 heteroatoms. The molecule has 0 unspecified atom stereocenters. The number of hydrogen-bond acceptors (Lipinski definition) is 4. The minimum Gasteiger partial charge on any atom is -0.481 e. The third kappa shape index (κ3) is 6.43. The Bertz CT molecular complexity index is 553. The van der Waals surface area contributed by atoms with Crippen molar-refractivity contribution < 1.29 is 19.4 Å². The fraction of sp³-hybridized carbons (Fsp3) is 0.533. The second kappa shape index (κ2) is 9.59. The molecule has 0 atom stereocenters. The molecule has 0 saturated carbocycles. The van der Waals surface area contributed by atoms with Crippen LogP contribution in [0, 0.1) is 0 Å². The van der Waals surface area contributed by atoms with E-state index in [1.807, 2.05) is 6.92 Å². The van der Waals surface area contributed by atoms with Crippen LogP contribution >= 0.6 is 0 Å². The number of rotatable bonds is 10. The zero-order valence-corrected chi connectivity index (χ0v) is 12.7. The molecule has 0 radical (unpaired) electrons. The Kier molecular flexibility index (Phi) is 7.74. The highest BCUT2D eigenvalue weighted by molar-refractivity contribution is 5.77. The molecule has 0 aromatic carbocycles. The smallest absolute Gasteiger partial charge is 0.303 e. The molecule has 0 spiro atoms. The van der Waals surface area contributed by atoms with Crippen LogP contribution in [0.4, 0.5) is 0 Å². The normalized spacial score (nSPS) is 10.2. The van der Waals surface area contributed by atoms with Gasteiger partial charge >= 0.3 is 5.97 Å². The molecule has 0 saturated heterocycles. The van der Waals surface area contributed by atoms with Crippen molar-refractivity contribution in [2.75, 3.05) is 13.2 Å². The number of amides is 1. The van der Waals surface area contributed by atoms with E-state index in [2.05, 4.69) is 5.32 Å². The van der Waals surface area contributed by atoms with Crippen molar-refractivity contribution in [1.29, 1.82) is 0 Å². The molecule has 0 fully saturated rings. The van der Waals surface area contributed by atoms with Crippen LogP contribution in [-0.4, -0.2) is 34.7 Å². The molecule has 1 aromatic heterocycles. The number of hydrogen-bond donors (Lipinski definition) is 2. The van der Waals surface area contributed by atoms with Crippen molar-refractivity contribution >= 4 is 11.9 Å². The van der Waals surface area contributed by atoms with Crippen molar-refractivity contribution in [2.24, 2.45) is 0 Å². The number of aryl methyl sites for hydroxylation is 1. The highest BCUT2D eigenvalue weighted by atomic mass is 16.5. The number of nitrogens with one attached hydrogen (secondary N) is 1. The monoisotopic (exact) mass is 310 g/mol. The van der Waals surface area contributed by atoms with E-state index >= 15 is 0 Å². The van der Waals surface area contributed by atoms with E-state index < -0.39 is 5.97 Å². The number of pyridine rings is 1. The van der Waals surface area contributed by atoms with Gasteiger partial charge in [-0.2, -0.15) is 0 Å². The van der Waals surface area contributed by atoms with Crippen LogP contribution in [0.5, 0.6) is 5.75 Å². The summed E-state index contributed by atoms with van der Waals surface area (Å²) in [5, 5.41) is 11.3. The van der Waals surface area contributed by atoms with E-state index in [0.717, 1.165) is 12.8 Å². The summed E-state index contributed by atoms with van der Waals surface area (Å²) in [6, 6.07) is 3.13. The Morgan fingerprint density at radius 1 is 1.36 bits per heavy atom. The predicted molar refractivity (Wildman–Crippen MR) is 81.0 cm³/mol. The van der Waals surface area contributed by atoms with E-state index in [0.29, 0.717) is 19.5 Å². The first kappa shape index (κ1) is 17.7. The average molecular weight is 310 g/mol. The van der Waals surface area contributed by atoms with Crippen LogP contribution in [0.25, 0.3) is 0 Å². The van der Waals surface area contributed by atoms with Crippen molar-refractivity contribution in [3.8, 4) is 5.75 Å². The lowest BCUT2D eigenvalue weighted by atomic mass is 10.3. The molecule has 22 heavy (non-hydrogen) atoms. The summed E-state index contributed by atoms with van der Waals surface area (Å²) in [7, 11) is 0. The molecule has 0 aliphatic rings. The van der Waals surface area contributed by atoms with Crippen molar-refractivity contribution in [2.45, 2.75) is 39.2 Å². The first-order valence-corrected chi connectivity index (χ1v) is 7.35. The van der Waals surface area contributed by atoms with E-state index in [9.17, 15) is 14.4 Å². The first-order valence-electron chi connectivity index (χ1n) is 7.35. The highest BCUT2D eigenvalue weighted by Crippen LogP contribution is 2.03. The minimum atomic E-state index is -0.899. The van der Waals surface area contributed by atoms with E-state index in [4.69, 9.17) is 9.84 Å². The Morgan fingerprint density at radius 3 is 2.82 bits per heavy atom. The molecular formula is C15H22N2O5.